The van der Waals surface area contributed by atoms with Crippen molar-refractivity contribution in [1.82, 2.24) is 4.90 Å². The Hall–Kier alpha value is -3.64. The van der Waals surface area contributed by atoms with Crippen LogP contribution in [0.4, 0.5) is 0 Å². The largest absolute Gasteiger partial charge is 0.504 e. The molecule has 2 aromatic rings. The lowest BCUT2D eigenvalue weighted by atomic mass is 9.50. The number of aliphatic hydroxyl groups is 2. The van der Waals surface area contributed by atoms with E-state index in [0.29, 0.717) is 19.4 Å². The van der Waals surface area contributed by atoms with Crippen molar-refractivity contribution in [3.05, 3.63) is 71.0 Å². The molecule has 1 fully saturated rings. The molecule has 0 amide bonds. The van der Waals surface area contributed by atoms with Crippen molar-refractivity contribution in [2.75, 3.05) is 13.6 Å². The normalized spacial score (nSPS) is 28.6. The lowest BCUT2D eigenvalue weighted by molar-refractivity contribution is -0.177. The fraction of sp³-hybridized carbons (Fsp3) is 0.414. The van der Waals surface area contributed by atoms with Gasteiger partial charge in [0.2, 0.25) is 6.10 Å². The molecule has 4 aliphatic rings. The van der Waals surface area contributed by atoms with E-state index in [1.807, 2.05) is 13.1 Å². The van der Waals surface area contributed by atoms with Gasteiger partial charge in [0, 0.05) is 23.6 Å². The van der Waals surface area contributed by atoms with Crippen molar-refractivity contribution in [2.24, 2.45) is 0 Å². The third-order valence-corrected chi connectivity index (χ3v) is 8.78. The zero-order chi connectivity index (χ0) is 28.4. The number of aliphatic hydroxyl groups excluding tert-OH is 1. The van der Waals surface area contributed by atoms with Gasteiger partial charge in [-0.25, -0.2) is 9.59 Å². The molecule has 0 aromatic heterocycles. The zero-order valence-electron chi connectivity index (χ0n) is 22.1. The van der Waals surface area contributed by atoms with Crippen molar-refractivity contribution in [2.45, 2.75) is 61.1 Å². The molecule has 12 heteroatoms. The maximum absolute atomic E-state index is 13.6. The number of carbonyl (C=O) groups excluding carboxylic acids is 2. The van der Waals surface area contributed by atoms with Crippen LogP contribution in [-0.2, 0) is 35.7 Å². The molecule has 41 heavy (non-hydrogen) atoms. The van der Waals surface area contributed by atoms with Crippen LogP contribution in [0, 0.1) is 0 Å². The minimum atomic E-state index is -1.99. The topological polar surface area (TPSA) is 163 Å². The zero-order valence-corrected chi connectivity index (χ0v) is 22.9. The number of benzene rings is 2. The number of rotatable bonds is 7. The van der Waals surface area contributed by atoms with E-state index in [-0.39, 0.29) is 47.7 Å². The number of carbonyl (C=O) groups is 3. The minimum Gasteiger partial charge on any atom is -0.504 e. The van der Waals surface area contributed by atoms with E-state index < -0.39 is 53.7 Å². The number of ether oxygens (including phenoxy) is 3. The molecular formula is C29H30ClNO10. The van der Waals surface area contributed by atoms with Crippen LogP contribution in [-0.4, -0.2) is 80.7 Å². The highest BCUT2D eigenvalue weighted by Crippen LogP contribution is 2.65. The Balaban J connectivity index is 0.00000337. The van der Waals surface area contributed by atoms with Crippen LogP contribution in [0.3, 0.4) is 0 Å². The Morgan fingerprint density at radius 3 is 2.61 bits per heavy atom. The first-order valence-corrected chi connectivity index (χ1v) is 13.1. The summed E-state index contributed by atoms with van der Waals surface area (Å²) in [6.45, 7) is 0.652. The van der Waals surface area contributed by atoms with Crippen LogP contribution < -0.4 is 4.74 Å². The molecule has 2 aliphatic heterocycles. The summed E-state index contributed by atoms with van der Waals surface area (Å²) >= 11 is 0. The van der Waals surface area contributed by atoms with Crippen molar-refractivity contribution in [1.29, 1.82) is 0 Å². The van der Waals surface area contributed by atoms with Gasteiger partial charge in [-0.2, -0.15) is 0 Å². The van der Waals surface area contributed by atoms with E-state index in [0.717, 1.165) is 11.1 Å². The maximum Gasteiger partial charge on any atom is 0.357 e. The Bertz CT molecular complexity index is 1430. The van der Waals surface area contributed by atoms with E-state index >= 15 is 0 Å². The smallest absolute Gasteiger partial charge is 0.357 e. The predicted octanol–water partition coefficient (Wildman–Crippen LogP) is 1.75. The highest BCUT2D eigenvalue weighted by atomic mass is 35.5. The van der Waals surface area contributed by atoms with Gasteiger partial charge in [-0.3, -0.25) is 4.79 Å². The molecule has 0 radical (unpaired) electrons. The molecule has 6 rings (SSSR count). The Labute approximate surface area is 241 Å². The number of piperidine rings is 1. The number of likely N-dealkylation sites (tertiary alicyclic amines) is 1. The number of hydrogen-bond donors (Lipinski definition) is 4. The Kier molecular flexibility index (Phi) is 7.27. The number of carboxylic acids is 1. The standard InChI is InChI=1S/C29H29NO10.ClH/c1-30-12-11-28-22-16-7-8-17(31)24(22)40-25(28)19(9-10-29(28,37)20(30)13-16)38-27(36)23(15-5-3-2-4-6-15)39-21(33)14-18(32)26(34)35;/h2-9,18,20,23,25,31-32,37H,10-14H2,1H3,(H,34,35);1H/t18?,20-,23?,25+,28+,29-;/m1./s1. The van der Waals surface area contributed by atoms with Gasteiger partial charge < -0.3 is 39.5 Å². The number of phenolic OH excluding ortho intramolecular Hbond substituents is 1. The molecule has 4 N–H and O–H groups in total. The summed E-state index contributed by atoms with van der Waals surface area (Å²) in [5.41, 5.74) is -0.243. The van der Waals surface area contributed by atoms with Gasteiger partial charge in [0.15, 0.2) is 23.7 Å². The highest BCUT2D eigenvalue weighted by molar-refractivity contribution is 5.85. The van der Waals surface area contributed by atoms with Gasteiger partial charge in [0.25, 0.3) is 0 Å². The molecule has 1 spiro atoms. The van der Waals surface area contributed by atoms with Crippen molar-refractivity contribution in [3.63, 3.8) is 0 Å². The molecule has 2 bridgehead atoms. The van der Waals surface area contributed by atoms with Crippen LogP contribution in [0.1, 0.15) is 42.1 Å². The number of aliphatic carboxylic acids is 1. The van der Waals surface area contributed by atoms with Gasteiger partial charge >= 0.3 is 17.9 Å². The van der Waals surface area contributed by atoms with Crippen LogP contribution >= 0.6 is 12.4 Å². The summed E-state index contributed by atoms with van der Waals surface area (Å²) in [7, 11) is 1.96. The Morgan fingerprint density at radius 2 is 1.90 bits per heavy atom. The first-order valence-electron chi connectivity index (χ1n) is 13.1. The van der Waals surface area contributed by atoms with Crippen molar-refractivity contribution < 1.29 is 49.0 Å². The quantitative estimate of drug-likeness (QED) is 0.349. The number of aromatic hydroxyl groups is 1. The average Bonchev–Trinajstić information content (AvgIpc) is 3.29. The number of carboxylic acid groups (broad SMARTS) is 1. The minimum absolute atomic E-state index is 0. The van der Waals surface area contributed by atoms with Gasteiger partial charge in [-0.05, 0) is 44.1 Å². The molecule has 2 heterocycles. The summed E-state index contributed by atoms with van der Waals surface area (Å²) in [6, 6.07) is 11.3. The second kappa shape index (κ2) is 10.3. The lowest BCUT2D eigenvalue weighted by Crippen LogP contribution is -2.74. The molecule has 0 saturated carbocycles. The number of hydrogen-bond acceptors (Lipinski definition) is 10. The van der Waals surface area contributed by atoms with Crippen molar-refractivity contribution >= 4 is 30.3 Å². The Morgan fingerprint density at radius 1 is 1.17 bits per heavy atom. The van der Waals surface area contributed by atoms with Crippen LogP contribution in [0.25, 0.3) is 0 Å². The molecule has 1 saturated heterocycles. The third kappa shape index (κ3) is 4.26. The number of likely N-dealkylation sites (N-methyl/N-ethyl adjacent to an activating group) is 1. The fourth-order valence-electron chi connectivity index (χ4n) is 6.91. The molecule has 218 valence electrons. The first-order chi connectivity index (χ1) is 19.1. The summed E-state index contributed by atoms with van der Waals surface area (Å²) in [5.74, 6) is -3.33. The second-order valence-corrected chi connectivity index (χ2v) is 10.9. The number of nitrogens with zero attached hydrogens (tertiary/aromatic N) is 1. The monoisotopic (exact) mass is 587 g/mol. The molecule has 2 unspecified atom stereocenters. The van der Waals surface area contributed by atoms with E-state index in [1.54, 1.807) is 42.5 Å². The third-order valence-electron chi connectivity index (χ3n) is 8.78. The van der Waals surface area contributed by atoms with Crippen LogP contribution in [0.15, 0.2) is 54.3 Å². The number of phenols is 1. The second-order valence-electron chi connectivity index (χ2n) is 10.9. The van der Waals surface area contributed by atoms with Crippen LogP contribution in [0.5, 0.6) is 11.5 Å². The van der Waals surface area contributed by atoms with E-state index in [9.17, 15) is 29.7 Å². The fourth-order valence-corrected chi connectivity index (χ4v) is 6.91. The molecule has 2 aliphatic carbocycles. The molecule has 11 nitrogen and oxygen atoms in total. The summed E-state index contributed by atoms with van der Waals surface area (Å²) in [6.07, 6.45) is -2.49. The van der Waals surface area contributed by atoms with Gasteiger partial charge in [-0.1, -0.05) is 36.4 Å². The van der Waals surface area contributed by atoms with E-state index in [1.165, 1.54) is 0 Å². The van der Waals surface area contributed by atoms with Gasteiger partial charge in [0.1, 0.15) is 5.76 Å². The van der Waals surface area contributed by atoms with Crippen molar-refractivity contribution in [3.8, 4) is 11.5 Å². The summed E-state index contributed by atoms with van der Waals surface area (Å²) in [5, 5.41) is 41.4. The molecular weight excluding hydrogens is 558 g/mol. The SMILES string of the molecule is CN1CC[C@]23c4c5ccc(O)c4O[C@H]2C(OC(=O)C(OC(=O)CC(O)C(=O)O)c2ccccc2)=CC[C@@]3(O)[C@H]1C5.Cl. The molecule has 2 aromatic carbocycles. The number of esters is 2. The summed E-state index contributed by atoms with van der Waals surface area (Å²) < 4.78 is 17.5. The first kappa shape index (κ1) is 28.9. The highest BCUT2D eigenvalue weighted by Gasteiger charge is 2.72. The van der Waals surface area contributed by atoms with E-state index in [2.05, 4.69) is 4.90 Å². The average molecular weight is 588 g/mol. The predicted molar refractivity (Wildman–Crippen MR) is 143 cm³/mol. The van der Waals surface area contributed by atoms with Crippen LogP contribution in [0.2, 0.25) is 0 Å². The molecule has 6 atom stereocenters. The maximum atomic E-state index is 13.6. The van der Waals surface area contributed by atoms with Gasteiger partial charge in [0.05, 0.1) is 17.4 Å². The summed E-state index contributed by atoms with van der Waals surface area (Å²) in [4.78, 5) is 39.1. The number of halogens is 1. The van der Waals surface area contributed by atoms with E-state index in [4.69, 9.17) is 19.3 Å². The van der Waals surface area contributed by atoms with Gasteiger partial charge in [-0.15, -0.1) is 12.4 Å². The lowest BCUT2D eigenvalue weighted by Gasteiger charge is -2.61.